The van der Waals surface area contributed by atoms with E-state index in [-0.39, 0.29) is 5.56 Å². The first kappa shape index (κ1) is 13.0. The molecule has 100 valence electrons. The summed E-state index contributed by atoms with van der Waals surface area (Å²) < 4.78 is 15.8. The molecular weight excluding hydrogens is 248 g/mol. The van der Waals surface area contributed by atoms with Crippen molar-refractivity contribution in [2.24, 2.45) is 0 Å². The molecule has 5 heteroatoms. The molecule has 0 saturated heterocycles. The normalized spacial score (nSPS) is 10.3. The summed E-state index contributed by atoms with van der Waals surface area (Å²) in [5.74, 6) is 0.452. The van der Waals surface area contributed by atoms with Gasteiger partial charge in [0, 0.05) is 5.39 Å². The lowest BCUT2D eigenvalue weighted by Gasteiger charge is -2.15. The van der Waals surface area contributed by atoms with Gasteiger partial charge in [-0.05, 0) is 23.6 Å². The fourth-order valence-corrected chi connectivity index (χ4v) is 2.00. The molecule has 19 heavy (non-hydrogen) atoms. The van der Waals surface area contributed by atoms with Crippen LogP contribution in [0.25, 0.3) is 10.8 Å². The smallest absolute Gasteiger partial charge is 0.335 e. The van der Waals surface area contributed by atoms with Gasteiger partial charge in [-0.15, -0.1) is 0 Å². The molecule has 0 radical (unpaired) electrons. The minimum Gasteiger partial charge on any atom is -0.493 e. The third kappa shape index (κ3) is 2.14. The number of benzene rings is 2. The molecule has 0 saturated carbocycles. The molecule has 0 spiro atoms. The van der Waals surface area contributed by atoms with Crippen LogP contribution in [-0.4, -0.2) is 32.4 Å². The number of carbonyl (C=O) groups is 1. The average molecular weight is 262 g/mol. The van der Waals surface area contributed by atoms with Crippen LogP contribution in [0.4, 0.5) is 0 Å². The number of aromatic carboxylic acids is 1. The highest BCUT2D eigenvalue weighted by Gasteiger charge is 2.17. The molecule has 2 rings (SSSR count). The van der Waals surface area contributed by atoms with Crippen LogP contribution in [0.2, 0.25) is 0 Å². The molecule has 0 heterocycles. The van der Waals surface area contributed by atoms with Gasteiger partial charge < -0.3 is 19.3 Å². The minimum absolute atomic E-state index is 0.193. The standard InChI is InChI=1S/C14H14O5/c1-17-11-7-8-4-5-9(14(15)16)6-10(8)12(18-2)13(11)19-3/h4-7H,1-3H3,(H,15,16). The van der Waals surface area contributed by atoms with Crippen molar-refractivity contribution in [3.05, 3.63) is 29.8 Å². The maximum atomic E-state index is 11.0. The summed E-state index contributed by atoms with van der Waals surface area (Å²) in [4.78, 5) is 11.0. The highest BCUT2D eigenvalue weighted by Crippen LogP contribution is 2.43. The Labute approximate surface area is 110 Å². The van der Waals surface area contributed by atoms with Gasteiger partial charge in [-0.25, -0.2) is 4.79 Å². The minimum atomic E-state index is -0.987. The molecule has 0 unspecified atom stereocenters. The highest BCUT2D eigenvalue weighted by atomic mass is 16.5. The van der Waals surface area contributed by atoms with E-state index < -0.39 is 5.97 Å². The van der Waals surface area contributed by atoms with Gasteiger partial charge in [0.05, 0.1) is 26.9 Å². The van der Waals surface area contributed by atoms with Gasteiger partial charge in [-0.1, -0.05) is 6.07 Å². The van der Waals surface area contributed by atoms with Gasteiger partial charge in [0.15, 0.2) is 11.5 Å². The second-order valence-corrected chi connectivity index (χ2v) is 3.89. The van der Waals surface area contributed by atoms with E-state index in [2.05, 4.69) is 0 Å². The largest absolute Gasteiger partial charge is 0.493 e. The van der Waals surface area contributed by atoms with Crippen molar-refractivity contribution in [3.8, 4) is 17.2 Å². The van der Waals surface area contributed by atoms with Gasteiger partial charge >= 0.3 is 5.97 Å². The van der Waals surface area contributed by atoms with E-state index >= 15 is 0 Å². The first-order valence-electron chi connectivity index (χ1n) is 5.58. The van der Waals surface area contributed by atoms with Crippen LogP contribution in [0.3, 0.4) is 0 Å². The van der Waals surface area contributed by atoms with Crippen LogP contribution in [-0.2, 0) is 0 Å². The number of carboxylic acids is 1. The van der Waals surface area contributed by atoms with Crippen molar-refractivity contribution < 1.29 is 24.1 Å². The lowest BCUT2D eigenvalue weighted by atomic mass is 10.0. The first-order chi connectivity index (χ1) is 9.12. The molecule has 1 N–H and O–H groups in total. The number of hydrogen-bond donors (Lipinski definition) is 1. The van der Waals surface area contributed by atoms with Crippen molar-refractivity contribution in [1.82, 2.24) is 0 Å². The number of carboxylic acid groups (broad SMARTS) is 1. The Morgan fingerprint density at radius 2 is 1.68 bits per heavy atom. The lowest BCUT2D eigenvalue weighted by molar-refractivity contribution is 0.0697. The van der Waals surface area contributed by atoms with E-state index in [0.717, 1.165) is 5.39 Å². The molecule has 0 aliphatic carbocycles. The molecule has 0 bridgehead atoms. The maximum absolute atomic E-state index is 11.0. The van der Waals surface area contributed by atoms with Crippen LogP contribution in [0, 0.1) is 0 Å². The fraction of sp³-hybridized carbons (Fsp3) is 0.214. The highest BCUT2D eigenvalue weighted by molar-refractivity contribution is 5.99. The quantitative estimate of drug-likeness (QED) is 0.917. The third-order valence-corrected chi connectivity index (χ3v) is 2.89. The van der Waals surface area contributed by atoms with Gasteiger partial charge in [-0.2, -0.15) is 0 Å². The van der Waals surface area contributed by atoms with E-state index in [1.165, 1.54) is 27.4 Å². The SMILES string of the molecule is COc1cc2ccc(C(=O)O)cc2c(OC)c1OC. The van der Waals surface area contributed by atoms with Gasteiger partial charge in [0.25, 0.3) is 0 Å². The predicted molar refractivity (Wildman–Crippen MR) is 70.6 cm³/mol. The van der Waals surface area contributed by atoms with E-state index in [1.54, 1.807) is 18.2 Å². The average Bonchev–Trinajstić information content (AvgIpc) is 2.44. The Balaban J connectivity index is 2.82. The summed E-state index contributed by atoms with van der Waals surface area (Å²) in [6.45, 7) is 0. The van der Waals surface area contributed by atoms with Crippen LogP contribution < -0.4 is 14.2 Å². The third-order valence-electron chi connectivity index (χ3n) is 2.89. The van der Waals surface area contributed by atoms with Crippen molar-refractivity contribution in [2.45, 2.75) is 0 Å². The maximum Gasteiger partial charge on any atom is 0.335 e. The van der Waals surface area contributed by atoms with Crippen molar-refractivity contribution in [1.29, 1.82) is 0 Å². The number of fused-ring (bicyclic) bond motifs is 1. The number of rotatable bonds is 4. The summed E-state index contributed by atoms with van der Waals surface area (Å²) in [5, 5.41) is 10.5. The zero-order valence-electron chi connectivity index (χ0n) is 10.9. The Morgan fingerprint density at radius 3 is 2.21 bits per heavy atom. The van der Waals surface area contributed by atoms with Gasteiger partial charge in [0.2, 0.25) is 5.75 Å². The molecule has 2 aromatic carbocycles. The zero-order chi connectivity index (χ0) is 14.0. The predicted octanol–water partition coefficient (Wildman–Crippen LogP) is 2.56. The Bertz CT molecular complexity index is 633. The summed E-state index contributed by atoms with van der Waals surface area (Å²) in [6.07, 6.45) is 0. The van der Waals surface area contributed by atoms with Crippen LogP contribution in [0.1, 0.15) is 10.4 Å². The van der Waals surface area contributed by atoms with E-state index in [9.17, 15) is 4.79 Å². The Hall–Kier alpha value is -2.43. The molecule has 0 atom stereocenters. The second-order valence-electron chi connectivity index (χ2n) is 3.89. The number of hydrogen-bond acceptors (Lipinski definition) is 4. The topological polar surface area (TPSA) is 65.0 Å². The molecule has 0 fully saturated rings. The summed E-state index contributed by atoms with van der Waals surface area (Å²) in [5.41, 5.74) is 0.193. The molecule has 2 aromatic rings. The van der Waals surface area contributed by atoms with Gasteiger partial charge in [-0.3, -0.25) is 0 Å². The molecule has 0 aromatic heterocycles. The molecule has 0 aliphatic heterocycles. The molecule has 0 amide bonds. The Morgan fingerprint density at radius 1 is 1.00 bits per heavy atom. The van der Waals surface area contributed by atoms with Crippen LogP contribution in [0.5, 0.6) is 17.2 Å². The number of methoxy groups -OCH3 is 3. The molecular formula is C14H14O5. The van der Waals surface area contributed by atoms with E-state index in [0.29, 0.717) is 22.6 Å². The van der Waals surface area contributed by atoms with Crippen molar-refractivity contribution >= 4 is 16.7 Å². The molecule has 5 nitrogen and oxygen atoms in total. The molecule has 0 aliphatic rings. The fourth-order valence-electron chi connectivity index (χ4n) is 2.00. The van der Waals surface area contributed by atoms with E-state index in [4.69, 9.17) is 19.3 Å². The van der Waals surface area contributed by atoms with Crippen molar-refractivity contribution in [3.63, 3.8) is 0 Å². The monoisotopic (exact) mass is 262 g/mol. The summed E-state index contributed by atoms with van der Waals surface area (Å²) >= 11 is 0. The lowest BCUT2D eigenvalue weighted by Crippen LogP contribution is -1.99. The van der Waals surface area contributed by atoms with E-state index in [1.807, 2.05) is 0 Å². The zero-order valence-corrected chi connectivity index (χ0v) is 10.9. The van der Waals surface area contributed by atoms with Gasteiger partial charge in [0.1, 0.15) is 0 Å². The number of ether oxygens (including phenoxy) is 3. The van der Waals surface area contributed by atoms with Crippen LogP contribution >= 0.6 is 0 Å². The Kier molecular flexibility index (Phi) is 3.46. The second kappa shape index (κ2) is 5.06. The van der Waals surface area contributed by atoms with Crippen LogP contribution in [0.15, 0.2) is 24.3 Å². The van der Waals surface area contributed by atoms with Crippen molar-refractivity contribution in [2.75, 3.05) is 21.3 Å². The summed E-state index contributed by atoms with van der Waals surface area (Å²) in [7, 11) is 4.55. The summed E-state index contributed by atoms with van der Waals surface area (Å²) in [6, 6.07) is 6.58. The first-order valence-corrected chi connectivity index (χ1v) is 5.58.